The van der Waals surface area contributed by atoms with Crippen molar-refractivity contribution in [1.29, 1.82) is 0 Å². The van der Waals surface area contributed by atoms with E-state index in [2.05, 4.69) is 6.92 Å². The fraction of sp³-hybridized carbons (Fsp3) is 0.360. The molecule has 1 amide bonds. The Hall–Kier alpha value is -2.37. The van der Waals surface area contributed by atoms with Gasteiger partial charge >= 0.3 is 0 Å². The summed E-state index contributed by atoms with van der Waals surface area (Å²) in [7, 11) is 1.66. The van der Waals surface area contributed by atoms with Crippen molar-refractivity contribution in [2.45, 2.75) is 45.2 Å². The number of nitrogens with zero attached hydrogens (tertiary/aromatic N) is 2. The molecule has 1 fully saturated rings. The molecule has 2 aromatic carbocycles. The molecular weight excluding hydrogens is 428 g/mol. The topological polar surface area (TPSA) is 42.4 Å². The van der Waals surface area contributed by atoms with Gasteiger partial charge in [-0.25, -0.2) is 4.98 Å². The molecule has 1 aliphatic carbocycles. The van der Waals surface area contributed by atoms with E-state index in [-0.39, 0.29) is 11.9 Å². The molecule has 31 heavy (non-hydrogen) atoms. The van der Waals surface area contributed by atoms with Crippen LogP contribution in [0.5, 0.6) is 5.75 Å². The molecule has 3 aromatic rings. The summed E-state index contributed by atoms with van der Waals surface area (Å²) in [4.78, 5) is 20.0. The standard InChI is InChI=1S/C25H27ClN2O2S/c1-17(20-8-9-20)28(15-18-6-10-23(30-2)11-7-18)25(29)14-22-16-31-24(27-22)13-19-4-3-5-21(26)12-19/h3-7,10-12,16-17,20H,8-9,13-15H2,1-2H3. The van der Waals surface area contributed by atoms with Crippen LogP contribution < -0.4 is 4.74 Å². The van der Waals surface area contributed by atoms with Crippen LogP contribution in [0.3, 0.4) is 0 Å². The fourth-order valence-corrected chi connectivity index (χ4v) is 4.85. The van der Waals surface area contributed by atoms with E-state index in [1.54, 1.807) is 18.4 Å². The van der Waals surface area contributed by atoms with E-state index in [4.69, 9.17) is 21.3 Å². The van der Waals surface area contributed by atoms with Gasteiger partial charge in [-0.05, 0) is 61.1 Å². The predicted molar refractivity (Wildman–Crippen MR) is 126 cm³/mol. The number of thiazole rings is 1. The third kappa shape index (κ3) is 5.86. The summed E-state index contributed by atoms with van der Waals surface area (Å²) >= 11 is 7.69. The van der Waals surface area contributed by atoms with E-state index in [1.807, 2.05) is 58.8 Å². The highest BCUT2D eigenvalue weighted by Crippen LogP contribution is 2.36. The molecule has 162 valence electrons. The van der Waals surface area contributed by atoms with Crippen molar-refractivity contribution < 1.29 is 9.53 Å². The molecule has 4 nitrogen and oxygen atoms in total. The van der Waals surface area contributed by atoms with Gasteiger partial charge in [0.25, 0.3) is 0 Å². The Morgan fingerprint density at radius 1 is 1.23 bits per heavy atom. The van der Waals surface area contributed by atoms with E-state index in [1.165, 1.54) is 12.8 Å². The van der Waals surface area contributed by atoms with Gasteiger partial charge < -0.3 is 9.64 Å². The molecule has 1 aliphatic rings. The molecule has 0 bridgehead atoms. The predicted octanol–water partition coefficient (Wildman–Crippen LogP) is 5.77. The van der Waals surface area contributed by atoms with E-state index < -0.39 is 0 Å². The smallest absolute Gasteiger partial charge is 0.229 e. The first-order valence-electron chi connectivity index (χ1n) is 10.6. The number of hydrogen-bond donors (Lipinski definition) is 0. The molecule has 1 saturated carbocycles. The van der Waals surface area contributed by atoms with Gasteiger partial charge in [0.05, 0.1) is 24.2 Å². The maximum absolute atomic E-state index is 13.3. The maximum Gasteiger partial charge on any atom is 0.229 e. The Kier molecular flexibility index (Phi) is 6.93. The van der Waals surface area contributed by atoms with Crippen LogP contribution in [-0.4, -0.2) is 28.9 Å². The van der Waals surface area contributed by atoms with E-state index in [0.717, 1.165) is 39.0 Å². The van der Waals surface area contributed by atoms with Gasteiger partial charge in [0.15, 0.2) is 0 Å². The molecule has 0 aliphatic heterocycles. The zero-order valence-corrected chi connectivity index (χ0v) is 19.5. The summed E-state index contributed by atoms with van der Waals surface area (Å²) in [5, 5.41) is 3.74. The third-order valence-electron chi connectivity index (χ3n) is 5.80. The van der Waals surface area contributed by atoms with Crippen molar-refractivity contribution in [2.24, 2.45) is 5.92 Å². The largest absolute Gasteiger partial charge is 0.497 e. The quantitative estimate of drug-likeness (QED) is 0.412. The molecule has 0 saturated heterocycles. The minimum Gasteiger partial charge on any atom is -0.497 e. The van der Waals surface area contributed by atoms with E-state index >= 15 is 0 Å². The molecule has 4 rings (SSSR count). The lowest BCUT2D eigenvalue weighted by Crippen LogP contribution is -2.40. The second-order valence-electron chi connectivity index (χ2n) is 8.16. The van der Waals surface area contributed by atoms with Gasteiger partial charge in [-0.3, -0.25) is 4.79 Å². The Morgan fingerprint density at radius 2 is 2.00 bits per heavy atom. The van der Waals surface area contributed by atoms with Crippen LogP contribution in [0, 0.1) is 5.92 Å². The molecule has 0 spiro atoms. The minimum absolute atomic E-state index is 0.134. The number of hydrogen-bond acceptors (Lipinski definition) is 4. The average Bonchev–Trinajstić information content (AvgIpc) is 3.53. The molecular formula is C25H27ClN2O2S. The van der Waals surface area contributed by atoms with Gasteiger partial charge in [0, 0.05) is 29.4 Å². The molecule has 1 atom stereocenters. The van der Waals surface area contributed by atoms with Crippen LogP contribution in [0.15, 0.2) is 53.9 Å². The Morgan fingerprint density at radius 3 is 2.68 bits per heavy atom. The lowest BCUT2D eigenvalue weighted by molar-refractivity contribution is -0.133. The number of ether oxygens (including phenoxy) is 1. The SMILES string of the molecule is COc1ccc(CN(C(=O)Cc2csc(Cc3cccc(Cl)c3)n2)C(C)C2CC2)cc1. The molecule has 1 heterocycles. The lowest BCUT2D eigenvalue weighted by Gasteiger charge is -2.29. The van der Waals surface area contributed by atoms with Crippen molar-refractivity contribution in [3.8, 4) is 5.75 Å². The van der Waals surface area contributed by atoms with Crippen LogP contribution in [0.25, 0.3) is 0 Å². The third-order valence-corrected chi connectivity index (χ3v) is 6.94. The van der Waals surface area contributed by atoms with Gasteiger partial charge in [0.1, 0.15) is 5.75 Å². The van der Waals surface area contributed by atoms with Crippen LogP contribution >= 0.6 is 22.9 Å². The molecule has 6 heteroatoms. The van der Waals surface area contributed by atoms with E-state index in [0.29, 0.717) is 18.9 Å². The summed E-state index contributed by atoms with van der Waals surface area (Å²) in [5.41, 5.74) is 3.08. The maximum atomic E-state index is 13.3. The fourth-order valence-electron chi connectivity index (χ4n) is 3.81. The first-order chi connectivity index (χ1) is 15.0. The van der Waals surface area contributed by atoms with Gasteiger partial charge in [0.2, 0.25) is 5.91 Å². The molecule has 1 unspecified atom stereocenters. The highest BCUT2D eigenvalue weighted by molar-refractivity contribution is 7.09. The summed E-state index contributed by atoms with van der Waals surface area (Å²) in [6.45, 7) is 2.78. The van der Waals surface area contributed by atoms with Crippen molar-refractivity contribution in [3.63, 3.8) is 0 Å². The summed E-state index contributed by atoms with van der Waals surface area (Å²) in [6.07, 6.45) is 3.47. The number of halogens is 1. The van der Waals surface area contributed by atoms with E-state index in [9.17, 15) is 4.79 Å². The van der Waals surface area contributed by atoms with Gasteiger partial charge in [-0.15, -0.1) is 11.3 Å². The average molecular weight is 455 g/mol. The summed E-state index contributed by atoms with van der Waals surface area (Å²) in [6, 6.07) is 16.0. The van der Waals surface area contributed by atoms with Crippen molar-refractivity contribution in [2.75, 3.05) is 7.11 Å². The van der Waals surface area contributed by atoms with Crippen LogP contribution in [0.1, 0.15) is 41.6 Å². The number of amides is 1. The van der Waals surface area contributed by atoms with Crippen LogP contribution in [0.2, 0.25) is 5.02 Å². The van der Waals surface area contributed by atoms with Crippen molar-refractivity contribution in [3.05, 3.63) is 80.8 Å². The van der Waals surface area contributed by atoms with Crippen molar-refractivity contribution >= 4 is 28.8 Å². The number of rotatable bonds is 9. The highest BCUT2D eigenvalue weighted by Gasteiger charge is 2.34. The second kappa shape index (κ2) is 9.84. The molecule has 0 N–H and O–H groups in total. The number of methoxy groups -OCH3 is 1. The van der Waals surface area contributed by atoms with Crippen LogP contribution in [-0.2, 0) is 24.2 Å². The molecule has 1 aromatic heterocycles. The first kappa shape index (κ1) is 21.8. The van der Waals surface area contributed by atoms with Gasteiger partial charge in [-0.2, -0.15) is 0 Å². The van der Waals surface area contributed by atoms with Crippen molar-refractivity contribution in [1.82, 2.24) is 9.88 Å². The number of carbonyl (C=O) groups excluding carboxylic acids is 1. The number of aromatic nitrogens is 1. The lowest BCUT2D eigenvalue weighted by atomic mass is 10.1. The summed E-state index contributed by atoms with van der Waals surface area (Å²) < 4.78 is 5.25. The monoisotopic (exact) mass is 454 g/mol. The molecule has 0 radical (unpaired) electrons. The Balaban J connectivity index is 1.43. The number of carbonyl (C=O) groups is 1. The Labute approximate surface area is 192 Å². The number of benzene rings is 2. The zero-order valence-electron chi connectivity index (χ0n) is 17.9. The first-order valence-corrected chi connectivity index (χ1v) is 11.9. The van der Waals surface area contributed by atoms with Gasteiger partial charge in [-0.1, -0.05) is 35.9 Å². The van der Waals surface area contributed by atoms with Crippen LogP contribution in [0.4, 0.5) is 0 Å². The highest BCUT2D eigenvalue weighted by atomic mass is 35.5. The Bertz CT molecular complexity index is 1030. The summed E-state index contributed by atoms with van der Waals surface area (Å²) in [5.74, 6) is 1.57. The zero-order chi connectivity index (χ0) is 21.8. The normalized spacial score (nSPS) is 14.3. The second-order valence-corrected chi connectivity index (χ2v) is 9.54. The minimum atomic E-state index is 0.134.